The van der Waals surface area contributed by atoms with Crippen LogP contribution in [0.4, 0.5) is 0 Å². The first kappa shape index (κ1) is 25.5. The molecule has 7 heteroatoms. The number of hydrogen-bond acceptors (Lipinski definition) is 5. The molecule has 0 amide bonds. The molecular formula is C31H34N6O. The molecular weight excluding hydrogens is 472 g/mol. The Morgan fingerprint density at radius 1 is 0.895 bits per heavy atom. The van der Waals surface area contributed by atoms with E-state index in [2.05, 4.69) is 94.7 Å². The number of hydrogen-bond donors (Lipinski definition) is 1. The van der Waals surface area contributed by atoms with Crippen molar-refractivity contribution in [3.8, 4) is 0 Å². The van der Waals surface area contributed by atoms with Gasteiger partial charge in [-0.3, -0.25) is 9.69 Å². The highest BCUT2D eigenvalue weighted by atomic mass is 16.1. The van der Waals surface area contributed by atoms with Crippen molar-refractivity contribution in [1.29, 1.82) is 0 Å². The van der Waals surface area contributed by atoms with Gasteiger partial charge in [0, 0.05) is 24.2 Å². The summed E-state index contributed by atoms with van der Waals surface area (Å²) in [5.74, 6) is 0.800. The minimum atomic E-state index is -0.0768. The molecule has 0 saturated carbocycles. The van der Waals surface area contributed by atoms with E-state index in [0.29, 0.717) is 19.6 Å². The average Bonchev–Trinajstić information content (AvgIpc) is 3.38. The fourth-order valence-electron chi connectivity index (χ4n) is 4.99. The summed E-state index contributed by atoms with van der Waals surface area (Å²) in [5.41, 5.74) is 6.32. The minimum absolute atomic E-state index is 0.0608. The van der Waals surface area contributed by atoms with Crippen LogP contribution in [-0.4, -0.2) is 30.1 Å². The van der Waals surface area contributed by atoms with E-state index in [-0.39, 0.29) is 11.6 Å². The molecule has 3 aromatic carbocycles. The van der Waals surface area contributed by atoms with Gasteiger partial charge in [0.1, 0.15) is 0 Å². The summed E-state index contributed by atoms with van der Waals surface area (Å²) in [7, 11) is 0. The summed E-state index contributed by atoms with van der Waals surface area (Å²) in [4.78, 5) is 18.6. The smallest absolute Gasteiger partial charge is 0.252 e. The Morgan fingerprint density at radius 2 is 1.66 bits per heavy atom. The first-order valence-corrected chi connectivity index (χ1v) is 13.3. The van der Waals surface area contributed by atoms with Crippen molar-refractivity contribution in [3.05, 3.63) is 123 Å². The second-order valence-corrected chi connectivity index (χ2v) is 9.89. The molecule has 0 spiro atoms. The number of aryl methyl sites for hydroxylation is 2. The van der Waals surface area contributed by atoms with Gasteiger partial charge in [-0.25, -0.2) is 4.68 Å². The zero-order valence-corrected chi connectivity index (χ0v) is 22.3. The number of rotatable bonds is 10. The first-order chi connectivity index (χ1) is 18.5. The third kappa shape index (κ3) is 5.73. The number of tetrazole rings is 1. The second-order valence-electron chi connectivity index (χ2n) is 9.89. The maximum absolute atomic E-state index is 13.2. The summed E-state index contributed by atoms with van der Waals surface area (Å²) in [6, 6.07) is 27.0. The predicted molar refractivity (Wildman–Crippen MR) is 151 cm³/mol. The highest BCUT2D eigenvalue weighted by Crippen LogP contribution is 2.27. The second kappa shape index (κ2) is 11.5. The molecule has 1 unspecified atom stereocenters. The Kier molecular flexibility index (Phi) is 7.75. The summed E-state index contributed by atoms with van der Waals surface area (Å²) in [6.45, 7) is 8.12. The molecule has 2 heterocycles. The lowest BCUT2D eigenvalue weighted by molar-refractivity contribution is 0.161. The van der Waals surface area contributed by atoms with Gasteiger partial charge in [-0.1, -0.05) is 80.1 Å². The van der Waals surface area contributed by atoms with Gasteiger partial charge in [-0.2, -0.15) is 0 Å². The van der Waals surface area contributed by atoms with E-state index in [9.17, 15) is 4.79 Å². The van der Waals surface area contributed by atoms with Crippen LogP contribution in [0.1, 0.15) is 60.0 Å². The Morgan fingerprint density at radius 3 is 2.39 bits per heavy atom. The van der Waals surface area contributed by atoms with Gasteiger partial charge in [-0.15, -0.1) is 5.10 Å². The molecule has 0 bridgehead atoms. The fraction of sp³-hybridized carbons (Fsp3) is 0.290. The molecule has 7 nitrogen and oxygen atoms in total. The standard InChI is InChI=1S/C31H34N6O/c1-4-23-15-16-28-26(17-23)18-27(31(38)32-28)21-36(19-25-13-11-22(3)12-14-25)29(5-2)30-33-34-35-37(30)20-24-9-7-6-8-10-24/h6-18,29H,4-5,19-21H2,1-3H3,(H,32,38). The summed E-state index contributed by atoms with van der Waals surface area (Å²) in [6.07, 6.45) is 1.75. The number of nitrogens with one attached hydrogen (secondary N) is 1. The number of fused-ring (bicyclic) bond motifs is 1. The summed E-state index contributed by atoms with van der Waals surface area (Å²) in [5, 5.41) is 13.9. The normalized spacial score (nSPS) is 12.3. The number of H-pyrrole nitrogens is 1. The molecule has 5 aromatic rings. The van der Waals surface area contributed by atoms with Crippen LogP contribution < -0.4 is 5.56 Å². The van der Waals surface area contributed by atoms with Crippen LogP contribution in [-0.2, 0) is 26.1 Å². The lowest BCUT2D eigenvalue weighted by Gasteiger charge is -2.30. The lowest BCUT2D eigenvalue weighted by atomic mass is 10.0. The summed E-state index contributed by atoms with van der Waals surface area (Å²) < 4.78 is 1.88. The molecule has 0 aliphatic rings. The number of pyridine rings is 1. The number of aromatic nitrogens is 5. The quantitative estimate of drug-likeness (QED) is 0.267. The van der Waals surface area contributed by atoms with E-state index in [1.807, 2.05) is 35.0 Å². The van der Waals surface area contributed by atoms with E-state index >= 15 is 0 Å². The SMILES string of the molecule is CCc1ccc2[nH]c(=O)c(CN(Cc3ccc(C)cc3)C(CC)c3nnnn3Cc3ccccc3)cc2c1. The van der Waals surface area contributed by atoms with Gasteiger partial charge in [0.25, 0.3) is 5.56 Å². The maximum atomic E-state index is 13.2. The average molecular weight is 507 g/mol. The maximum Gasteiger partial charge on any atom is 0.252 e. The molecule has 5 rings (SSSR count). The van der Waals surface area contributed by atoms with Crippen molar-refractivity contribution in [2.75, 3.05) is 0 Å². The molecule has 0 aliphatic carbocycles. The van der Waals surface area contributed by atoms with Crippen molar-refractivity contribution in [2.45, 2.75) is 59.3 Å². The Labute approximate surface area is 223 Å². The van der Waals surface area contributed by atoms with Gasteiger partial charge in [0.15, 0.2) is 5.82 Å². The van der Waals surface area contributed by atoms with Crippen LogP contribution in [0.3, 0.4) is 0 Å². The molecule has 194 valence electrons. The van der Waals surface area contributed by atoms with Crippen molar-refractivity contribution in [3.63, 3.8) is 0 Å². The molecule has 0 saturated heterocycles. The van der Waals surface area contributed by atoms with E-state index < -0.39 is 0 Å². The zero-order chi connectivity index (χ0) is 26.5. The topological polar surface area (TPSA) is 79.7 Å². The highest BCUT2D eigenvalue weighted by molar-refractivity contribution is 5.79. The van der Waals surface area contributed by atoms with Crippen LogP contribution in [0.5, 0.6) is 0 Å². The van der Waals surface area contributed by atoms with Crippen LogP contribution in [0, 0.1) is 6.92 Å². The Bertz CT molecular complexity index is 1560. The minimum Gasteiger partial charge on any atom is -0.322 e. The van der Waals surface area contributed by atoms with E-state index in [1.54, 1.807) is 0 Å². The van der Waals surface area contributed by atoms with Crippen molar-refractivity contribution >= 4 is 10.9 Å². The van der Waals surface area contributed by atoms with Gasteiger partial charge in [0.05, 0.1) is 12.6 Å². The Balaban J connectivity index is 1.52. The van der Waals surface area contributed by atoms with Gasteiger partial charge < -0.3 is 4.98 Å². The third-order valence-corrected chi connectivity index (χ3v) is 7.13. The molecule has 0 fully saturated rings. The number of nitrogens with zero attached hydrogens (tertiary/aromatic N) is 5. The van der Waals surface area contributed by atoms with E-state index in [0.717, 1.165) is 40.7 Å². The number of benzene rings is 3. The molecule has 0 aliphatic heterocycles. The molecule has 38 heavy (non-hydrogen) atoms. The molecule has 1 atom stereocenters. The first-order valence-electron chi connectivity index (χ1n) is 13.3. The highest BCUT2D eigenvalue weighted by Gasteiger charge is 2.26. The van der Waals surface area contributed by atoms with Gasteiger partial charge in [0.2, 0.25) is 0 Å². The number of aromatic amines is 1. The molecule has 1 N–H and O–H groups in total. The van der Waals surface area contributed by atoms with Crippen molar-refractivity contribution in [1.82, 2.24) is 30.1 Å². The van der Waals surface area contributed by atoms with Crippen LogP contribution in [0.2, 0.25) is 0 Å². The molecule has 0 radical (unpaired) electrons. The van der Waals surface area contributed by atoms with E-state index in [4.69, 9.17) is 0 Å². The molecule has 2 aromatic heterocycles. The van der Waals surface area contributed by atoms with Crippen molar-refractivity contribution in [2.24, 2.45) is 0 Å². The Hall–Kier alpha value is -4.10. The monoisotopic (exact) mass is 506 g/mol. The van der Waals surface area contributed by atoms with Crippen LogP contribution in [0.15, 0.2) is 83.7 Å². The fourth-order valence-corrected chi connectivity index (χ4v) is 4.99. The predicted octanol–water partition coefficient (Wildman–Crippen LogP) is 5.59. The summed E-state index contributed by atoms with van der Waals surface area (Å²) >= 11 is 0. The van der Waals surface area contributed by atoms with Gasteiger partial charge >= 0.3 is 0 Å². The third-order valence-electron chi connectivity index (χ3n) is 7.13. The van der Waals surface area contributed by atoms with E-state index in [1.165, 1.54) is 16.7 Å². The van der Waals surface area contributed by atoms with Crippen LogP contribution in [0.25, 0.3) is 10.9 Å². The van der Waals surface area contributed by atoms with Crippen molar-refractivity contribution < 1.29 is 0 Å². The zero-order valence-electron chi connectivity index (χ0n) is 22.3. The largest absolute Gasteiger partial charge is 0.322 e. The lowest BCUT2D eigenvalue weighted by Crippen LogP contribution is -2.32. The van der Waals surface area contributed by atoms with Crippen LogP contribution >= 0.6 is 0 Å². The van der Waals surface area contributed by atoms with Gasteiger partial charge in [-0.05, 0) is 70.5 Å².